The molecule has 0 fully saturated rings. The summed E-state index contributed by atoms with van der Waals surface area (Å²) in [4.78, 5) is 24.7. The fraction of sp³-hybridized carbons (Fsp3) is 0.227. The van der Waals surface area contributed by atoms with E-state index in [9.17, 15) is 14.0 Å². The number of carbonyl (C=O) groups excluding carboxylic acids is 2. The van der Waals surface area contributed by atoms with E-state index in [4.69, 9.17) is 0 Å². The molecular weight excluding hydrogens is 371 g/mol. The predicted molar refractivity (Wildman–Crippen MR) is 109 cm³/mol. The van der Waals surface area contributed by atoms with Crippen molar-refractivity contribution in [2.45, 2.75) is 19.8 Å². The first kappa shape index (κ1) is 20.3. The van der Waals surface area contributed by atoms with E-state index in [1.54, 1.807) is 41.1 Å². The molecule has 0 aliphatic heterocycles. The number of aromatic nitrogens is 2. The molecule has 6 nitrogen and oxygen atoms in total. The molecule has 29 heavy (non-hydrogen) atoms. The van der Waals surface area contributed by atoms with Gasteiger partial charge in [-0.05, 0) is 42.3 Å². The van der Waals surface area contributed by atoms with Gasteiger partial charge in [0.2, 0.25) is 0 Å². The Hall–Kier alpha value is -3.48. The van der Waals surface area contributed by atoms with Crippen molar-refractivity contribution >= 4 is 11.8 Å². The highest BCUT2D eigenvalue weighted by molar-refractivity contribution is 5.96. The molecule has 7 heteroatoms. The third-order valence-electron chi connectivity index (χ3n) is 4.40. The molecule has 0 unspecified atom stereocenters. The van der Waals surface area contributed by atoms with Crippen LogP contribution in [0.25, 0.3) is 5.69 Å². The Kier molecular flexibility index (Phi) is 6.39. The van der Waals surface area contributed by atoms with Crippen molar-refractivity contribution in [3.63, 3.8) is 0 Å². The van der Waals surface area contributed by atoms with Gasteiger partial charge in [0.25, 0.3) is 11.8 Å². The minimum Gasteiger partial charge on any atom is -0.350 e. The van der Waals surface area contributed by atoms with Crippen LogP contribution in [0.2, 0.25) is 0 Å². The van der Waals surface area contributed by atoms with Gasteiger partial charge in [-0.2, -0.15) is 5.10 Å². The number of halogens is 1. The average molecular weight is 394 g/mol. The van der Waals surface area contributed by atoms with Crippen LogP contribution in [0.5, 0.6) is 0 Å². The van der Waals surface area contributed by atoms with Gasteiger partial charge in [0.05, 0.1) is 23.1 Å². The third-order valence-corrected chi connectivity index (χ3v) is 4.40. The van der Waals surface area contributed by atoms with Crippen molar-refractivity contribution in [1.29, 1.82) is 0 Å². The molecule has 3 aromatic rings. The molecule has 2 N–H and O–H groups in total. The first-order chi connectivity index (χ1) is 14.0. The summed E-state index contributed by atoms with van der Waals surface area (Å²) in [6.45, 7) is 4.53. The smallest absolute Gasteiger partial charge is 0.254 e. The molecule has 0 radical (unpaired) electrons. The fourth-order valence-corrected chi connectivity index (χ4v) is 3.02. The molecule has 150 valence electrons. The second-order valence-electron chi connectivity index (χ2n) is 6.86. The summed E-state index contributed by atoms with van der Waals surface area (Å²) in [6, 6.07) is 14.8. The van der Waals surface area contributed by atoms with Crippen LogP contribution in [0.3, 0.4) is 0 Å². The lowest BCUT2D eigenvalue weighted by Gasteiger charge is -2.13. The highest BCUT2D eigenvalue weighted by atomic mass is 19.1. The number of hydrogen-bond donors (Lipinski definition) is 2. The Bertz CT molecular complexity index is 982. The Balaban J connectivity index is 1.63. The highest BCUT2D eigenvalue weighted by Gasteiger charge is 2.20. The molecule has 0 aliphatic carbocycles. The van der Waals surface area contributed by atoms with Crippen LogP contribution < -0.4 is 10.6 Å². The summed E-state index contributed by atoms with van der Waals surface area (Å²) in [7, 11) is 0. The zero-order valence-corrected chi connectivity index (χ0v) is 16.4. The standard InChI is InChI=1S/C22H23FN4O2/c1-15(2)20-19(14-26-27(20)18-10-8-17(23)9-11-18)22(29)25-13-12-24-21(28)16-6-4-3-5-7-16/h3-11,14-15H,12-13H2,1-2H3,(H,24,28)(H,25,29). The zero-order valence-electron chi connectivity index (χ0n) is 16.4. The van der Waals surface area contributed by atoms with Crippen molar-refractivity contribution < 1.29 is 14.0 Å². The van der Waals surface area contributed by atoms with Crippen LogP contribution in [-0.4, -0.2) is 34.7 Å². The van der Waals surface area contributed by atoms with Gasteiger partial charge >= 0.3 is 0 Å². The summed E-state index contributed by atoms with van der Waals surface area (Å²) in [5, 5.41) is 9.90. The lowest BCUT2D eigenvalue weighted by atomic mass is 10.1. The van der Waals surface area contributed by atoms with Gasteiger partial charge < -0.3 is 10.6 Å². The molecule has 2 amide bonds. The van der Waals surface area contributed by atoms with Crippen LogP contribution >= 0.6 is 0 Å². The van der Waals surface area contributed by atoms with Gasteiger partial charge in [0.15, 0.2) is 0 Å². The predicted octanol–water partition coefficient (Wildman–Crippen LogP) is 3.29. The van der Waals surface area contributed by atoms with E-state index < -0.39 is 0 Å². The number of benzene rings is 2. The summed E-state index contributed by atoms with van der Waals surface area (Å²) < 4.78 is 14.9. The Morgan fingerprint density at radius 2 is 1.59 bits per heavy atom. The van der Waals surface area contributed by atoms with Crippen molar-refractivity contribution in [3.8, 4) is 5.69 Å². The van der Waals surface area contributed by atoms with E-state index in [-0.39, 0.29) is 30.1 Å². The number of amides is 2. The monoisotopic (exact) mass is 394 g/mol. The lowest BCUT2D eigenvalue weighted by molar-refractivity contribution is 0.0927. The van der Waals surface area contributed by atoms with Crippen LogP contribution in [0.1, 0.15) is 46.2 Å². The Morgan fingerprint density at radius 3 is 2.21 bits per heavy atom. The molecule has 1 heterocycles. The average Bonchev–Trinajstić information content (AvgIpc) is 3.17. The minimum atomic E-state index is -0.331. The largest absolute Gasteiger partial charge is 0.350 e. The third kappa shape index (κ3) is 4.87. The second-order valence-corrected chi connectivity index (χ2v) is 6.86. The van der Waals surface area contributed by atoms with Gasteiger partial charge in [-0.25, -0.2) is 9.07 Å². The lowest BCUT2D eigenvalue weighted by Crippen LogP contribution is -2.35. The van der Waals surface area contributed by atoms with E-state index in [1.807, 2.05) is 19.9 Å². The van der Waals surface area contributed by atoms with Gasteiger partial charge in [0, 0.05) is 18.7 Å². The number of nitrogens with zero attached hydrogens (tertiary/aromatic N) is 2. The molecule has 0 spiro atoms. The van der Waals surface area contributed by atoms with E-state index in [0.29, 0.717) is 23.4 Å². The first-order valence-electron chi connectivity index (χ1n) is 9.42. The van der Waals surface area contributed by atoms with Gasteiger partial charge in [-0.1, -0.05) is 32.0 Å². The molecule has 0 atom stereocenters. The zero-order chi connectivity index (χ0) is 20.8. The van der Waals surface area contributed by atoms with Crippen molar-refractivity contribution in [2.75, 3.05) is 13.1 Å². The van der Waals surface area contributed by atoms with E-state index >= 15 is 0 Å². The molecule has 0 saturated carbocycles. The maximum atomic E-state index is 13.2. The summed E-state index contributed by atoms with van der Waals surface area (Å²) in [5.41, 5.74) is 2.45. The normalized spacial score (nSPS) is 10.8. The van der Waals surface area contributed by atoms with E-state index in [2.05, 4.69) is 15.7 Å². The number of nitrogens with one attached hydrogen (secondary N) is 2. The first-order valence-corrected chi connectivity index (χ1v) is 9.42. The van der Waals surface area contributed by atoms with Gasteiger partial charge in [-0.15, -0.1) is 0 Å². The number of rotatable bonds is 7. The van der Waals surface area contributed by atoms with E-state index in [0.717, 1.165) is 5.69 Å². The molecule has 1 aromatic heterocycles. The number of carbonyl (C=O) groups is 2. The molecule has 0 saturated heterocycles. The van der Waals surface area contributed by atoms with Gasteiger partial charge in [0.1, 0.15) is 5.82 Å². The topological polar surface area (TPSA) is 76.0 Å². The van der Waals surface area contributed by atoms with Crippen LogP contribution in [-0.2, 0) is 0 Å². The quantitative estimate of drug-likeness (QED) is 0.604. The molecule has 0 bridgehead atoms. The summed E-state index contributed by atoms with van der Waals surface area (Å²) >= 11 is 0. The number of hydrogen-bond acceptors (Lipinski definition) is 3. The molecular formula is C22H23FN4O2. The Morgan fingerprint density at radius 1 is 0.966 bits per heavy atom. The Labute approximate surface area is 168 Å². The van der Waals surface area contributed by atoms with Crippen molar-refractivity contribution in [1.82, 2.24) is 20.4 Å². The fourth-order valence-electron chi connectivity index (χ4n) is 3.02. The summed E-state index contributed by atoms with van der Waals surface area (Å²) in [6.07, 6.45) is 1.51. The maximum Gasteiger partial charge on any atom is 0.254 e. The SMILES string of the molecule is CC(C)c1c(C(=O)NCCNC(=O)c2ccccc2)cnn1-c1ccc(F)cc1. The molecule has 3 rings (SSSR count). The molecule has 0 aliphatic rings. The van der Waals surface area contributed by atoms with Crippen molar-refractivity contribution in [2.24, 2.45) is 0 Å². The minimum absolute atomic E-state index is 0.0288. The van der Waals surface area contributed by atoms with Gasteiger partial charge in [-0.3, -0.25) is 9.59 Å². The highest BCUT2D eigenvalue weighted by Crippen LogP contribution is 2.23. The van der Waals surface area contributed by atoms with Crippen LogP contribution in [0.15, 0.2) is 60.8 Å². The maximum absolute atomic E-state index is 13.2. The summed E-state index contributed by atoms with van der Waals surface area (Å²) in [5.74, 6) is -0.758. The molecule has 2 aromatic carbocycles. The van der Waals surface area contributed by atoms with E-state index in [1.165, 1.54) is 18.3 Å². The van der Waals surface area contributed by atoms with Crippen LogP contribution in [0, 0.1) is 5.82 Å². The van der Waals surface area contributed by atoms with Crippen LogP contribution in [0.4, 0.5) is 4.39 Å². The second kappa shape index (κ2) is 9.14. The van der Waals surface area contributed by atoms with Crippen molar-refractivity contribution in [3.05, 3.63) is 83.4 Å².